The molecule has 0 fully saturated rings. The molecule has 0 bridgehead atoms. The quantitative estimate of drug-likeness (QED) is 0.802. The van der Waals surface area contributed by atoms with Crippen molar-refractivity contribution in [3.8, 4) is 0 Å². The summed E-state index contributed by atoms with van der Waals surface area (Å²) in [6, 6.07) is 6.58. The normalized spacial score (nSPS) is 11.1. The van der Waals surface area contributed by atoms with Crippen molar-refractivity contribution in [2.45, 2.75) is 20.3 Å². The van der Waals surface area contributed by atoms with Gasteiger partial charge in [-0.1, -0.05) is 19.1 Å². The van der Waals surface area contributed by atoms with Gasteiger partial charge in [0.2, 0.25) is 10.0 Å². The second-order valence-corrected chi connectivity index (χ2v) is 5.36. The number of anilines is 1. The maximum absolute atomic E-state index is 11.6. The third-order valence-electron chi connectivity index (χ3n) is 2.04. The molecule has 0 atom stereocenters. The lowest BCUT2D eigenvalue weighted by Gasteiger charge is -2.09. The minimum atomic E-state index is -3.34. The smallest absolute Gasteiger partial charge is 0.232 e. The van der Waals surface area contributed by atoms with E-state index in [1.54, 1.807) is 31.2 Å². The molecule has 1 rings (SSSR count). The van der Waals surface area contributed by atoms with Gasteiger partial charge in [0, 0.05) is 5.56 Å². The van der Waals surface area contributed by atoms with Crippen LogP contribution in [-0.4, -0.2) is 20.0 Å². The molecule has 0 aliphatic carbocycles. The zero-order valence-electron chi connectivity index (χ0n) is 9.36. The summed E-state index contributed by atoms with van der Waals surface area (Å²) in [4.78, 5) is 11.3. The Balaban J connectivity index is 3.02. The van der Waals surface area contributed by atoms with Crippen molar-refractivity contribution in [3.63, 3.8) is 0 Å². The largest absolute Gasteiger partial charge is 0.294 e. The molecular formula is C11H15NO3S. The first-order valence-corrected chi connectivity index (χ1v) is 6.72. The van der Waals surface area contributed by atoms with E-state index in [-0.39, 0.29) is 11.5 Å². The van der Waals surface area contributed by atoms with Crippen LogP contribution in [0.3, 0.4) is 0 Å². The van der Waals surface area contributed by atoms with Gasteiger partial charge < -0.3 is 0 Å². The highest BCUT2D eigenvalue weighted by molar-refractivity contribution is 7.92. The zero-order chi connectivity index (χ0) is 12.2. The summed E-state index contributed by atoms with van der Waals surface area (Å²) in [5.41, 5.74) is 0.741. The summed E-state index contributed by atoms with van der Waals surface area (Å²) in [7, 11) is -3.34. The molecule has 0 amide bonds. The molecule has 0 aliphatic rings. The number of benzene rings is 1. The van der Waals surface area contributed by atoms with Crippen molar-refractivity contribution < 1.29 is 13.2 Å². The van der Waals surface area contributed by atoms with Gasteiger partial charge in [0.1, 0.15) is 0 Å². The molecule has 1 aromatic rings. The van der Waals surface area contributed by atoms with Gasteiger partial charge in [-0.2, -0.15) is 0 Å². The molecule has 0 heterocycles. The fraction of sp³-hybridized carbons (Fsp3) is 0.364. The van der Waals surface area contributed by atoms with Crippen LogP contribution in [0.25, 0.3) is 0 Å². The topological polar surface area (TPSA) is 63.2 Å². The van der Waals surface area contributed by atoms with E-state index in [2.05, 4.69) is 4.72 Å². The van der Waals surface area contributed by atoms with E-state index in [0.717, 1.165) is 0 Å². The fourth-order valence-electron chi connectivity index (χ4n) is 1.37. The molecule has 0 unspecified atom stereocenters. The summed E-state index contributed by atoms with van der Waals surface area (Å²) in [5, 5.41) is 0. The van der Waals surface area contributed by atoms with Crippen LogP contribution in [0.5, 0.6) is 0 Å². The highest BCUT2D eigenvalue weighted by Gasteiger charge is 2.13. The molecule has 4 nitrogen and oxygen atoms in total. The first-order valence-electron chi connectivity index (χ1n) is 5.06. The predicted octanol–water partition coefficient (Wildman–Crippen LogP) is 2.04. The van der Waals surface area contributed by atoms with E-state index in [1.165, 1.54) is 6.92 Å². The predicted molar refractivity (Wildman–Crippen MR) is 64.1 cm³/mol. The molecule has 0 spiro atoms. The standard InChI is InChI=1S/C11H15NO3S/c1-3-8-16(14,15)12-11-7-5-4-6-10(11)9(2)13/h4-7,12H,3,8H2,1-2H3. The number of hydrogen-bond acceptors (Lipinski definition) is 3. The summed E-state index contributed by atoms with van der Waals surface area (Å²) >= 11 is 0. The molecular weight excluding hydrogens is 226 g/mol. The van der Waals surface area contributed by atoms with Crippen LogP contribution in [0.15, 0.2) is 24.3 Å². The zero-order valence-corrected chi connectivity index (χ0v) is 10.2. The Kier molecular flexibility index (Phi) is 4.06. The SMILES string of the molecule is CCCS(=O)(=O)Nc1ccccc1C(C)=O. The molecule has 0 radical (unpaired) electrons. The average molecular weight is 241 g/mol. The molecule has 1 N–H and O–H groups in total. The first kappa shape index (κ1) is 12.7. The van der Waals surface area contributed by atoms with Gasteiger partial charge in [0.25, 0.3) is 0 Å². The number of carbonyl (C=O) groups excluding carboxylic acids is 1. The Morgan fingerprint density at radius 1 is 1.31 bits per heavy atom. The Morgan fingerprint density at radius 2 is 1.94 bits per heavy atom. The van der Waals surface area contributed by atoms with Gasteiger partial charge >= 0.3 is 0 Å². The van der Waals surface area contributed by atoms with E-state index < -0.39 is 10.0 Å². The van der Waals surface area contributed by atoms with Crippen molar-refractivity contribution in [1.29, 1.82) is 0 Å². The maximum Gasteiger partial charge on any atom is 0.232 e. The first-order chi connectivity index (χ1) is 7.46. The summed E-state index contributed by atoms with van der Waals surface area (Å²) in [6.45, 7) is 3.20. The van der Waals surface area contributed by atoms with Gasteiger partial charge in [-0.15, -0.1) is 0 Å². The minimum Gasteiger partial charge on any atom is -0.294 e. The van der Waals surface area contributed by atoms with Gasteiger partial charge in [0.15, 0.2) is 5.78 Å². The Bertz CT molecular complexity index is 480. The van der Waals surface area contributed by atoms with Crippen LogP contribution < -0.4 is 4.72 Å². The van der Waals surface area contributed by atoms with Crippen molar-refractivity contribution >= 4 is 21.5 Å². The highest BCUT2D eigenvalue weighted by Crippen LogP contribution is 2.17. The summed E-state index contributed by atoms with van der Waals surface area (Å²) in [5.74, 6) is -0.103. The molecule has 16 heavy (non-hydrogen) atoms. The Hall–Kier alpha value is -1.36. The van der Waals surface area contributed by atoms with E-state index in [0.29, 0.717) is 17.7 Å². The van der Waals surface area contributed by atoms with Crippen LogP contribution in [0.2, 0.25) is 0 Å². The maximum atomic E-state index is 11.6. The number of para-hydroxylation sites is 1. The Labute approximate surface area is 95.7 Å². The van der Waals surface area contributed by atoms with Crippen molar-refractivity contribution in [1.82, 2.24) is 0 Å². The van der Waals surface area contributed by atoms with Gasteiger partial charge in [0.05, 0.1) is 11.4 Å². The number of carbonyl (C=O) groups is 1. The van der Waals surface area contributed by atoms with E-state index in [9.17, 15) is 13.2 Å². The number of rotatable bonds is 5. The number of Topliss-reactive ketones (excluding diaryl/α,β-unsaturated/α-hetero) is 1. The van der Waals surface area contributed by atoms with Crippen LogP contribution in [-0.2, 0) is 10.0 Å². The minimum absolute atomic E-state index is 0.0548. The van der Waals surface area contributed by atoms with Crippen molar-refractivity contribution in [3.05, 3.63) is 29.8 Å². The molecule has 88 valence electrons. The number of hydrogen-bond donors (Lipinski definition) is 1. The lowest BCUT2D eigenvalue weighted by molar-refractivity contribution is 0.101. The van der Waals surface area contributed by atoms with Crippen molar-refractivity contribution in [2.24, 2.45) is 0 Å². The molecule has 0 saturated carbocycles. The van der Waals surface area contributed by atoms with Crippen LogP contribution >= 0.6 is 0 Å². The Morgan fingerprint density at radius 3 is 2.50 bits per heavy atom. The number of nitrogens with one attached hydrogen (secondary N) is 1. The third-order valence-corrected chi connectivity index (χ3v) is 3.52. The molecule has 0 saturated heterocycles. The van der Waals surface area contributed by atoms with Crippen molar-refractivity contribution in [2.75, 3.05) is 10.5 Å². The van der Waals surface area contributed by atoms with Crippen LogP contribution in [0, 0.1) is 0 Å². The van der Waals surface area contributed by atoms with Gasteiger partial charge in [-0.05, 0) is 25.5 Å². The van der Waals surface area contributed by atoms with Gasteiger partial charge in [-0.3, -0.25) is 9.52 Å². The van der Waals surface area contributed by atoms with E-state index >= 15 is 0 Å². The molecule has 0 aromatic heterocycles. The fourth-order valence-corrected chi connectivity index (χ4v) is 2.52. The second kappa shape index (κ2) is 5.12. The van der Waals surface area contributed by atoms with E-state index in [1.807, 2.05) is 0 Å². The molecule has 0 aliphatic heterocycles. The summed E-state index contributed by atoms with van der Waals surface area (Å²) in [6.07, 6.45) is 0.539. The second-order valence-electron chi connectivity index (χ2n) is 3.52. The highest BCUT2D eigenvalue weighted by atomic mass is 32.2. The molecule has 5 heteroatoms. The van der Waals surface area contributed by atoms with E-state index in [4.69, 9.17) is 0 Å². The average Bonchev–Trinajstić information content (AvgIpc) is 2.17. The number of ketones is 1. The molecule has 1 aromatic carbocycles. The van der Waals surface area contributed by atoms with Gasteiger partial charge in [-0.25, -0.2) is 8.42 Å². The third kappa shape index (κ3) is 3.34. The lowest BCUT2D eigenvalue weighted by Crippen LogP contribution is -2.17. The summed E-state index contributed by atoms with van der Waals surface area (Å²) < 4.78 is 25.5. The van der Waals surface area contributed by atoms with Crippen LogP contribution in [0.1, 0.15) is 30.6 Å². The monoisotopic (exact) mass is 241 g/mol. The van der Waals surface area contributed by atoms with Crippen LogP contribution in [0.4, 0.5) is 5.69 Å². The number of sulfonamides is 1. The lowest BCUT2D eigenvalue weighted by atomic mass is 10.1.